The number of halogens is 2. The largest absolute Gasteiger partial charge is 0.481 e. The lowest BCUT2D eigenvalue weighted by Crippen LogP contribution is -2.45. The summed E-state index contributed by atoms with van der Waals surface area (Å²) in [6, 6.07) is 11.2. The summed E-state index contributed by atoms with van der Waals surface area (Å²) in [4.78, 5) is 24.9. The molecule has 0 radical (unpaired) electrons. The number of carbonyl (C=O) groups is 1. The van der Waals surface area contributed by atoms with Gasteiger partial charge in [0.05, 0.1) is 30.6 Å². The maximum absolute atomic E-state index is 13.9. The molecule has 1 aliphatic rings. The maximum atomic E-state index is 13.9. The van der Waals surface area contributed by atoms with Crippen LogP contribution < -0.4 is 14.5 Å². The number of nitrogens with zero attached hydrogens (tertiary/aromatic N) is 4. The molecule has 2 aromatic carbocycles. The third kappa shape index (κ3) is 3.63. The Morgan fingerprint density at radius 3 is 2.56 bits per heavy atom. The van der Waals surface area contributed by atoms with Gasteiger partial charge in [0, 0.05) is 22.5 Å². The molecule has 1 amide bonds. The first kappa shape index (κ1) is 21.6. The number of hydrogen-bond donors (Lipinski definition) is 0. The van der Waals surface area contributed by atoms with Gasteiger partial charge in [-0.2, -0.15) is 0 Å². The second kappa shape index (κ2) is 8.48. The Morgan fingerprint density at radius 2 is 1.91 bits per heavy atom. The maximum Gasteiger partial charge on any atom is 0.261 e. The molecule has 0 fully saturated rings. The van der Waals surface area contributed by atoms with Crippen molar-refractivity contribution in [2.75, 3.05) is 23.6 Å². The molecule has 0 N–H and O–H groups in total. The Hall–Kier alpha value is -3.63. The minimum absolute atomic E-state index is 0.165. The third-order valence-electron chi connectivity index (χ3n) is 5.48. The monoisotopic (exact) mass is 450 g/mol. The molecule has 32 heavy (non-hydrogen) atoms. The van der Waals surface area contributed by atoms with Crippen molar-refractivity contribution in [2.24, 2.45) is 0 Å². The number of fused-ring (bicyclic) bond motifs is 1. The Kier molecular flexibility index (Phi) is 5.72. The molecule has 0 atom stereocenters. The predicted molar refractivity (Wildman–Crippen MR) is 123 cm³/mol. The second-order valence-corrected chi connectivity index (χ2v) is 7.73. The van der Waals surface area contributed by atoms with E-state index in [1.807, 2.05) is 11.8 Å². The van der Waals surface area contributed by atoms with Crippen LogP contribution in [-0.4, -0.2) is 24.7 Å². The van der Waals surface area contributed by atoms with Crippen molar-refractivity contribution in [1.82, 2.24) is 4.98 Å². The summed E-state index contributed by atoms with van der Waals surface area (Å²) in [7, 11) is 1.53. The Labute approximate surface area is 190 Å². The zero-order chi connectivity index (χ0) is 23.0. The zero-order valence-electron chi connectivity index (χ0n) is 17.8. The summed E-state index contributed by atoms with van der Waals surface area (Å²) < 4.78 is 19.1. The fourth-order valence-electron chi connectivity index (χ4n) is 3.88. The van der Waals surface area contributed by atoms with Crippen molar-refractivity contribution in [3.63, 3.8) is 0 Å². The number of hydrogen-bond acceptors (Lipinski definition) is 4. The van der Waals surface area contributed by atoms with Crippen LogP contribution in [0.4, 0.5) is 27.1 Å². The van der Waals surface area contributed by atoms with Crippen molar-refractivity contribution in [3.8, 4) is 5.88 Å². The van der Waals surface area contributed by atoms with E-state index in [-0.39, 0.29) is 29.1 Å². The number of rotatable bonds is 4. The normalized spacial score (nSPS) is 13.1. The summed E-state index contributed by atoms with van der Waals surface area (Å²) in [5.74, 6) is -0.140. The van der Waals surface area contributed by atoms with E-state index in [1.54, 1.807) is 36.1 Å². The van der Waals surface area contributed by atoms with Gasteiger partial charge in [0.1, 0.15) is 12.5 Å². The van der Waals surface area contributed by atoms with Crippen molar-refractivity contribution in [3.05, 3.63) is 81.5 Å². The lowest BCUT2D eigenvalue weighted by atomic mass is 10.0. The van der Waals surface area contributed by atoms with Crippen molar-refractivity contribution < 1.29 is 13.9 Å². The van der Waals surface area contributed by atoms with Crippen LogP contribution in [0.1, 0.15) is 28.5 Å². The number of anilines is 3. The molecular weight excluding hydrogens is 431 g/mol. The highest BCUT2D eigenvalue weighted by molar-refractivity contribution is 6.34. The van der Waals surface area contributed by atoms with E-state index < -0.39 is 0 Å². The lowest BCUT2D eigenvalue weighted by Gasteiger charge is -2.39. The summed E-state index contributed by atoms with van der Waals surface area (Å²) in [6.45, 7) is 11.3. The van der Waals surface area contributed by atoms with Crippen LogP contribution in [0.5, 0.6) is 5.88 Å². The van der Waals surface area contributed by atoms with Crippen LogP contribution in [-0.2, 0) is 6.42 Å². The SMILES string of the molecule is [C-]#[N+]c1cc2c(cc1Cl)C(=O)N(c1ccc(OC)nc1C)CN2c1ccc(F)cc1CC. The summed E-state index contributed by atoms with van der Waals surface area (Å²) in [6.07, 6.45) is 0.596. The minimum Gasteiger partial charge on any atom is -0.481 e. The average molecular weight is 451 g/mol. The Balaban J connectivity index is 1.93. The molecule has 1 aliphatic heterocycles. The molecule has 0 aliphatic carbocycles. The molecule has 0 saturated heterocycles. The van der Waals surface area contributed by atoms with Gasteiger partial charge >= 0.3 is 0 Å². The van der Waals surface area contributed by atoms with Gasteiger partial charge in [-0.1, -0.05) is 18.5 Å². The fourth-order valence-corrected chi connectivity index (χ4v) is 4.09. The van der Waals surface area contributed by atoms with E-state index in [9.17, 15) is 9.18 Å². The van der Waals surface area contributed by atoms with Gasteiger partial charge in [-0.3, -0.25) is 9.69 Å². The molecule has 3 aromatic rings. The van der Waals surface area contributed by atoms with Crippen LogP contribution in [0.2, 0.25) is 5.02 Å². The van der Waals surface area contributed by atoms with E-state index in [0.717, 1.165) is 11.3 Å². The molecular formula is C24H20ClFN4O2. The number of carbonyl (C=O) groups excluding carboxylic acids is 1. The molecule has 4 rings (SSSR count). The molecule has 0 unspecified atom stereocenters. The second-order valence-electron chi connectivity index (χ2n) is 7.32. The van der Waals surface area contributed by atoms with Crippen LogP contribution in [0.25, 0.3) is 4.85 Å². The van der Waals surface area contributed by atoms with Gasteiger partial charge in [0.25, 0.3) is 5.91 Å². The number of ether oxygens (including phenoxy) is 1. The quantitative estimate of drug-likeness (QED) is 0.453. The zero-order valence-corrected chi connectivity index (χ0v) is 18.6. The number of amides is 1. The number of methoxy groups -OCH3 is 1. The number of pyridine rings is 1. The van der Waals surface area contributed by atoms with Gasteiger partial charge in [-0.15, -0.1) is 0 Å². The van der Waals surface area contributed by atoms with Gasteiger partial charge in [0.2, 0.25) is 11.6 Å². The van der Waals surface area contributed by atoms with Gasteiger partial charge in [0.15, 0.2) is 0 Å². The highest BCUT2D eigenvalue weighted by Gasteiger charge is 2.33. The van der Waals surface area contributed by atoms with Gasteiger partial charge in [-0.25, -0.2) is 14.2 Å². The average Bonchev–Trinajstić information content (AvgIpc) is 2.79. The highest BCUT2D eigenvalue weighted by atomic mass is 35.5. The molecule has 8 heteroatoms. The fraction of sp³-hybridized carbons (Fsp3) is 0.208. The van der Waals surface area contributed by atoms with Crippen LogP contribution in [0.3, 0.4) is 0 Å². The first-order valence-electron chi connectivity index (χ1n) is 9.98. The van der Waals surface area contributed by atoms with Crippen LogP contribution in [0, 0.1) is 19.3 Å². The smallest absolute Gasteiger partial charge is 0.261 e. The summed E-state index contributed by atoms with van der Waals surface area (Å²) in [5, 5.41) is 0.202. The first-order valence-corrected chi connectivity index (χ1v) is 10.4. The summed E-state index contributed by atoms with van der Waals surface area (Å²) >= 11 is 6.28. The van der Waals surface area contributed by atoms with E-state index in [0.29, 0.717) is 34.9 Å². The Morgan fingerprint density at radius 1 is 1.16 bits per heavy atom. The van der Waals surface area contributed by atoms with E-state index in [4.69, 9.17) is 22.9 Å². The Bertz CT molecular complexity index is 1270. The van der Waals surface area contributed by atoms with Gasteiger partial charge in [-0.05, 0) is 55.3 Å². The third-order valence-corrected chi connectivity index (χ3v) is 5.78. The molecule has 162 valence electrons. The van der Waals surface area contributed by atoms with E-state index in [2.05, 4.69) is 9.83 Å². The van der Waals surface area contributed by atoms with Crippen LogP contribution >= 0.6 is 11.6 Å². The van der Waals surface area contributed by atoms with Crippen molar-refractivity contribution in [2.45, 2.75) is 20.3 Å². The molecule has 0 bridgehead atoms. The van der Waals surface area contributed by atoms with Crippen LogP contribution in [0.15, 0.2) is 42.5 Å². The molecule has 2 heterocycles. The topological polar surface area (TPSA) is 50.0 Å². The van der Waals surface area contributed by atoms with E-state index >= 15 is 0 Å². The number of benzene rings is 2. The molecule has 6 nitrogen and oxygen atoms in total. The van der Waals surface area contributed by atoms with Crippen molar-refractivity contribution in [1.29, 1.82) is 0 Å². The predicted octanol–water partition coefficient (Wildman–Crippen LogP) is 6.06. The van der Waals surface area contributed by atoms with E-state index in [1.165, 1.54) is 25.3 Å². The molecule has 0 saturated carbocycles. The van der Waals surface area contributed by atoms with Gasteiger partial charge < -0.3 is 9.64 Å². The standard InChI is InChI=1S/C24H20ClFN4O2/c1-5-15-10-16(26)6-7-21(15)29-13-30(20-8-9-23(32-4)28-14(20)2)24(31)17-11-18(25)19(27-3)12-22(17)29/h6-12H,5,13H2,1-2,4H3. The summed E-state index contributed by atoms with van der Waals surface area (Å²) in [5.41, 5.74) is 3.95. The first-order chi connectivity index (χ1) is 15.4. The minimum atomic E-state index is -0.330. The number of aromatic nitrogens is 1. The lowest BCUT2D eigenvalue weighted by molar-refractivity contribution is 0.0983. The molecule has 0 spiro atoms. The number of aryl methyl sites for hydroxylation is 2. The highest BCUT2D eigenvalue weighted by Crippen LogP contribution is 2.42. The molecule has 1 aromatic heterocycles. The van der Waals surface area contributed by atoms with Crippen molar-refractivity contribution >= 4 is 40.3 Å².